The van der Waals surface area contributed by atoms with Crippen molar-refractivity contribution >= 4 is 23.3 Å². The number of halogens is 1. The Morgan fingerprint density at radius 2 is 2.03 bits per heavy atom. The Bertz CT molecular complexity index is 1210. The van der Waals surface area contributed by atoms with Crippen LogP contribution in [0.15, 0.2) is 53.6 Å². The number of aliphatic hydroxyl groups excluding tert-OH is 2. The highest BCUT2D eigenvalue weighted by Gasteiger charge is 2.29. The fourth-order valence-corrected chi connectivity index (χ4v) is 4.41. The van der Waals surface area contributed by atoms with Gasteiger partial charge in [-0.3, -0.25) is 14.3 Å². The van der Waals surface area contributed by atoms with Crippen molar-refractivity contribution in [2.75, 3.05) is 11.9 Å². The van der Waals surface area contributed by atoms with Gasteiger partial charge in [-0.05, 0) is 24.5 Å². The SMILES string of the molecule is O=C(Nc1ccn(CC(O)CO)n1)C(CC1CCCC1)n1ncc(Oc2ccccc2Cl)cc1=O. The maximum atomic E-state index is 13.3. The number of aliphatic hydroxyl groups is 2. The van der Waals surface area contributed by atoms with Crippen LogP contribution < -0.4 is 15.6 Å². The number of ether oxygens (including phenoxy) is 1. The zero-order valence-corrected chi connectivity index (χ0v) is 19.8. The minimum Gasteiger partial charge on any atom is -0.454 e. The van der Waals surface area contributed by atoms with Gasteiger partial charge in [-0.2, -0.15) is 10.2 Å². The Kier molecular flexibility index (Phi) is 8.17. The van der Waals surface area contributed by atoms with Gasteiger partial charge in [-0.1, -0.05) is 49.4 Å². The van der Waals surface area contributed by atoms with Crippen LogP contribution in [0.3, 0.4) is 0 Å². The molecule has 0 saturated heterocycles. The molecule has 3 aromatic rings. The number of para-hydroxylation sites is 1. The van der Waals surface area contributed by atoms with Crippen molar-refractivity contribution in [3.8, 4) is 11.5 Å². The number of aromatic nitrogens is 4. The van der Waals surface area contributed by atoms with Crippen LogP contribution in [0, 0.1) is 5.92 Å². The third kappa shape index (κ3) is 6.47. The summed E-state index contributed by atoms with van der Waals surface area (Å²) in [5.74, 6) is 0.814. The van der Waals surface area contributed by atoms with Gasteiger partial charge in [0.25, 0.3) is 11.5 Å². The Hall–Kier alpha value is -3.21. The lowest BCUT2D eigenvalue weighted by Gasteiger charge is -2.21. The number of hydrogen-bond acceptors (Lipinski definition) is 7. The molecule has 2 heterocycles. The predicted molar refractivity (Wildman–Crippen MR) is 130 cm³/mol. The summed E-state index contributed by atoms with van der Waals surface area (Å²) in [5, 5.41) is 30.2. The molecule has 0 radical (unpaired) electrons. The summed E-state index contributed by atoms with van der Waals surface area (Å²) < 4.78 is 8.30. The second kappa shape index (κ2) is 11.5. The van der Waals surface area contributed by atoms with Crippen molar-refractivity contribution in [1.29, 1.82) is 0 Å². The Morgan fingerprint density at radius 1 is 1.26 bits per heavy atom. The van der Waals surface area contributed by atoms with Gasteiger partial charge in [0.1, 0.15) is 11.8 Å². The van der Waals surface area contributed by atoms with Gasteiger partial charge in [-0.15, -0.1) is 0 Å². The van der Waals surface area contributed by atoms with E-state index in [-0.39, 0.29) is 18.1 Å². The molecule has 3 N–H and O–H groups in total. The maximum Gasteiger partial charge on any atom is 0.271 e. The van der Waals surface area contributed by atoms with Crippen LogP contribution in [0.5, 0.6) is 11.5 Å². The third-order valence-electron chi connectivity index (χ3n) is 6.00. The average molecular weight is 502 g/mol. The van der Waals surface area contributed by atoms with Crippen molar-refractivity contribution in [2.24, 2.45) is 5.92 Å². The molecule has 4 rings (SSSR count). The van der Waals surface area contributed by atoms with Gasteiger partial charge < -0.3 is 20.3 Å². The lowest BCUT2D eigenvalue weighted by atomic mass is 9.98. The first-order chi connectivity index (χ1) is 16.9. The number of anilines is 1. The highest BCUT2D eigenvalue weighted by atomic mass is 35.5. The second-order valence-corrected chi connectivity index (χ2v) is 9.06. The Labute approximate surface area is 207 Å². The lowest BCUT2D eigenvalue weighted by Crippen LogP contribution is -2.36. The molecule has 0 spiro atoms. The first-order valence-electron chi connectivity index (χ1n) is 11.6. The van der Waals surface area contributed by atoms with E-state index in [1.165, 1.54) is 21.6 Å². The number of amides is 1. The molecular weight excluding hydrogens is 474 g/mol. The molecule has 2 unspecified atom stereocenters. The van der Waals surface area contributed by atoms with Crippen LogP contribution in [-0.4, -0.2) is 48.4 Å². The molecule has 0 bridgehead atoms. The molecule has 1 aromatic carbocycles. The smallest absolute Gasteiger partial charge is 0.271 e. The normalized spacial score (nSPS) is 15.6. The van der Waals surface area contributed by atoms with Gasteiger partial charge in [0, 0.05) is 18.3 Å². The minimum atomic E-state index is -0.956. The number of nitrogens with one attached hydrogen (secondary N) is 1. The van der Waals surface area contributed by atoms with Crippen LogP contribution in [0.1, 0.15) is 38.1 Å². The summed E-state index contributed by atoms with van der Waals surface area (Å²) in [6, 6.07) is 8.95. The number of carbonyl (C=O) groups is 1. The number of benzene rings is 1. The molecule has 1 aliphatic carbocycles. The number of rotatable bonds is 10. The highest BCUT2D eigenvalue weighted by molar-refractivity contribution is 6.32. The predicted octanol–water partition coefficient (Wildman–Crippen LogP) is 3.00. The highest BCUT2D eigenvalue weighted by Crippen LogP contribution is 2.32. The fraction of sp³-hybridized carbons (Fsp3) is 0.417. The number of hydrogen-bond donors (Lipinski definition) is 3. The van der Waals surface area contributed by atoms with Crippen LogP contribution in [0.2, 0.25) is 5.02 Å². The van der Waals surface area contributed by atoms with E-state index in [4.69, 9.17) is 21.4 Å². The Morgan fingerprint density at radius 3 is 2.74 bits per heavy atom. The average Bonchev–Trinajstić information content (AvgIpc) is 3.51. The van der Waals surface area contributed by atoms with Gasteiger partial charge in [0.05, 0.1) is 30.5 Å². The molecule has 1 saturated carbocycles. The minimum absolute atomic E-state index is 0.0891. The van der Waals surface area contributed by atoms with Crippen LogP contribution in [0.4, 0.5) is 5.82 Å². The monoisotopic (exact) mass is 501 g/mol. The third-order valence-corrected chi connectivity index (χ3v) is 6.31. The van der Waals surface area contributed by atoms with E-state index in [1.807, 2.05) is 0 Å². The summed E-state index contributed by atoms with van der Waals surface area (Å²) >= 11 is 6.13. The second-order valence-electron chi connectivity index (χ2n) is 8.66. The lowest BCUT2D eigenvalue weighted by molar-refractivity contribution is -0.120. The van der Waals surface area contributed by atoms with E-state index < -0.39 is 30.2 Å². The molecule has 2 atom stereocenters. The topological polar surface area (TPSA) is 132 Å². The molecular formula is C24H28ClN5O5. The van der Waals surface area contributed by atoms with E-state index >= 15 is 0 Å². The summed E-state index contributed by atoms with van der Waals surface area (Å²) in [5.41, 5.74) is -0.468. The molecule has 186 valence electrons. The fourth-order valence-electron chi connectivity index (χ4n) is 4.24. The van der Waals surface area contributed by atoms with E-state index in [9.17, 15) is 14.7 Å². The van der Waals surface area contributed by atoms with Gasteiger partial charge in [0.15, 0.2) is 11.6 Å². The quantitative estimate of drug-likeness (QED) is 0.389. The van der Waals surface area contributed by atoms with Crippen molar-refractivity contribution in [3.05, 3.63) is 64.2 Å². The molecule has 35 heavy (non-hydrogen) atoms. The number of carbonyl (C=O) groups excluding carboxylic acids is 1. The molecule has 1 aliphatic rings. The summed E-state index contributed by atoms with van der Waals surface area (Å²) in [6.45, 7) is -0.304. The van der Waals surface area contributed by atoms with Gasteiger partial charge in [-0.25, -0.2) is 4.68 Å². The zero-order valence-electron chi connectivity index (χ0n) is 19.1. The van der Waals surface area contributed by atoms with E-state index in [2.05, 4.69) is 15.5 Å². The van der Waals surface area contributed by atoms with Gasteiger partial charge >= 0.3 is 0 Å². The summed E-state index contributed by atoms with van der Waals surface area (Å²) in [6.07, 6.45) is 6.71. The van der Waals surface area contributed by atoms with Crippen LogP contribution in [0.25, 0.3) is 0 Å². The molecule has 1 amide bonds. The van der Waals surface area contributed by atoms with Crippen molar-refractivity contribution in [3.63, 3.8) is 0 Å². The maximum absolute atomic E-state index is 13.3. The standard InChI is InChI=1S/C24H28ClN5O5/c25-19-7-3-4-8-21(19)35-18-12-23(33)30(26-13-18)20(11-16-5-1-2-6-16)24(34)27-22-9-10-29(28-22)14-17(32)15-31/h3-4,7-10,12-13,16-17,20,31-32H,1-2,5-6,11,14-15H2,(H,27,28,34). The molecule has 0 aliphatic heterocycles. The molecule has 11 heteroatoms. The largest absolute Gasteiger partial charge is 0.454 e. The molecule has 10 nitrogen and oxygen atoms in total. The molecule has 1 fully saturated rings. The first kappa shape index (κ1) is 24.9. The summed E-state index contributed by atoms with van der Waals surface area (Å²) in [7, 11) is 0. The van der Waals surface area contributed by atoms with Crippen molar-refractivity contribution in [2.45, 2.75) is 50.8 Å². The van der Waals surface area contributed by atoms with Crippen LogP contribution in [-0.2, 0) is 11.3 Å². The number of nitrogens with zero attached hydrogens (tertiary/aromatic N) is 4. The van der Waals surface area contributed by atoms with E-state index in [0.717, 1.165) is 25.7 Å². The Balaban J connectivity index is 1.53. The van der Waals surface area contributed by atoms with Crippen LogP contribution >= 0.6 is 11.6 Å². The zero-order chi connectivity index (χ0) is 24.8. The first-order valence-corrected chi connectivity index (χ1v) is 11.9. The van der Waals surface area contributed by atoms with Crippen molar-refractivity contribution in [1.82, 2.24) is 19.6 Å². The molecule has 2 aromatic heterocycles. The van der Waals surface area contributed by atoms with Crippen molar-refractivity contribution < 1.29 is 19.7 Å². The summed E-state index contributed by atoms with van der Waals surface area (Å²) in [4.78, 5) is 26.2. The van der Waals surface area contributed by atoms with Gasteiger partial charge in [0.2, 0.25) is 0 Å². The van der Waals surface area contributed by atoms with E-state index in [0.29, 0.717) is 23.1 Å². The van der Waals surface area contributed by atoms with E-state index in [1.54, 1.807) is 36.5 Å².